The van der Waals surface area contributed by atoms with Gasteiger partial charge in [-0.05, 0) is 36.5 Å². The Morgan fingerprint density at radius 1 is 1.24 bits per heavy atom. The molecule has 3 nitrogen and oxygen atoms in total. The van der Waals surface area contributed by atoms with Gasteiger partial charge in [0.1, 0.15) is 0 Å². The number of halogens is 1. The van der Waals surface area contributed by atoms with Crippen LogP contribution in [-0.2, 0) is 5.75 Å². The molecular formula is C11H9ClN2OS2. The first kappa shape index (κ1) is 12.4. The third-order valence-corrected chi connectivity index (χ3v) is 3.54. The summed E-state index contributed by atoms with van der Waals surface area (Å²) in [5.74, 6) is 0.662. The number of aromatic amines is 2. The first-order valence-electron chi connectivity index (χ1n) is 4.84. The maximum Gasteiger partial charge on any atom is 0.251 e. The fraction of sp³-hybridized carbons (Fsp3) is 0.0909. The van der Waals surface area contributed by atoms with E-state index in [0.717, 1.165) is 10.6 Å². The fourth-order valence-corrected chi connectivity index (χ4v) is 2.45. The smallest absolute Gasteiger partial charge is 0.251 e. The number of thioether (sulfide) groups is 1. The lowest BCUT2D eigenvalue weighted by Gasteiger charge is -2.02. The Bertz CT molecular complexity index is 590. The average Bonchev–Trinajstić information content (AvgIpc) is 2.27. The minimum Gasteiger partial charge on any atom is -0.335 e. The van der Waals surface area contributed by atoms with Crippen molar-refractivity contribution in [3.63, 3.8) is 0 Å². The van der Waals surface area contributed by atoms with E-state index in [1.54, 1.807) is 11.8 Å². The molecule has 2 aromatic rings. The summed E-state index contributed by atoms with van der Waals surface area (Å²) in [7, 11) is 0. The van der Waals surface area contributed by atoms with E-state index in [1.807, 2.05) is 24.3 Å². The van der Waals surface area contributed by atoms with E-state index >= 15 is 0 Å². The molecule has 0 aliphatic heterocycles. The van der Waals surface area contributed by atoms with Gasteiger partial charge in [0.2, 0.25) is 0 Å². The number of benzene rings is 1. The van der Waals surface area contributed by atoms with Gasteiger partial charge in [-0.1, -0.05) is 11.6 Å². The zero-order valence-electron chi connectivity index (χ0n) is 8.70. The number of hydrogen-bond donors (Lipinski definition) is 2. The first-order valence-corrected chi connectivity index (χ1v) is 6.61. The molecule has 0 radical (unpaired) electrons. The summed E-state index contributed by atoms with van der Waals surface area (Å²) in [5.41, 5.74) is 0.624. The van der Waals surface area contributed by atoms with Crippen LogP contribution in [0, 0.1) is 4.77 Å². The number of rotatable bonds is 3. The first-order chi connectivity index (χ1) is 8.13. The van der Waals surface area contributed by atoms with Crippen LogP contribution in [0.1, 0.15) is 5.69 Å². The van der Waals surface area contributed by atoms with E-state index in [0.29, 0.717) is 15.5 Å². The van der Waals surface area contributed by atoms with Crippen LogP contribution in [-0.4, -0.2) is 9.97 Å². The SMILES string of the molecule is O=c1cc(CSc2ccc(Cl)cc2)[nH]c(=S)[nH]1. The third-order valence-electron chi connectivity index (χ3n) is 2.02. The third kappa shape index (κ3) is 3.73. The van der Waals surface area contributed by atoms with E-state index in [4.69, 9.17) is 23.8 Å². The number of H-pyrrole nitrogens is 2. The molecule has 0 spiro atoms. The predicted octanol–water partition coefficient (Wildman–Crippen LogP) is 3.38. The van der Waals surface area contributed by atoms with E-state index in [9.17, 15) is 4.79 Å². The van der Waals surface area contributed by atoms with Crippen molar-refractivity contribution in [2.45, 2.75) is 10.6 Å². The lowest BCUT2D eigenvalue weighted by atomic mass is 10.4. The van der Waals surface area contributed by atoms with Crippen molar-refractivity contribution in [3.8, 4) is 0 Å². The van der Waals surface area contributed by atoms with Crippen LogP contribution in [0.3, 0.4) is 0 Å². The molecule has 0 unspecified atom stereocenters. The molecule has 0 saturated carbocycles. The molecule has 0 aliphatic carbocycles. The topological polar surface area (TPSA) is 48.6 Å². The van der Waals surface area contributed by atoms with Crippen molar-refractivity contribution >= 4 is 35.6 Å². The van der Waals surface area contributed by atoms with Crippen LogP contribution in [0.2, 0.25) is 5.02 Å². The quantitative estimate of drug-likeness (QED) is 0.671. The molecule has 0 bridgehead atoms. The van der Waals surface area contributed by atoms with Gasteiger partial charge in [0, 0.05) is 27.4 Å². The number of nitrogens with one attached hydrogen (secondary N) is 2. The molecule has 2 N–H and O–H groups in total. The van der Waals surface area contributed by atoms with E-state index < -0.39 is 0 Å². The Balaban J connectivity index is 2.09. The standard InChI is InChI=1S/C11H9ClN2OS2/c12-7-1-3-9(4-2-7)17-6-8-5-10(15)14-11(16)13-8/h1-5H,6H2,(H2,13,14,15,16). The van der Waals surface area contributed by atoms with Gasteiger partial charge in [-0.15, -0.1) is 11.8 Å². The highest BCUT2D eigenvalue weighted by Gasteiger charge is 1.98. The Labute approximate surface area is 112 Å². The lowest BCUT2D eigenvalue weighted by Crippen LogP contribution is -2.07. The van der Waals surface area contributed by atoms with Crippen LogP contribution in [0.25, 0.3) is 0 Å². The Morgan fingerprint density at radius 3 is 2.59 bits per heavy atom. The van der Waals surface area contributed by atoms with Crippen molar-refractivity contribution in [1.82, 2.24) is 9.97 Å². The Morgan fingerprint density at radius 2 is 1.94 bits per heavy atom. The largest absolute Gasteiger partial charge is 0.335 e. The second-order valence-electron chi connectivity index (χ2n) is 3.36. The molecule has 17 heavy (non-hydrogen) atoms. The van der Waals surface area contributed by atoms with Crippen LogP contribution < -0.4 is 5.56 Å². The average molecular weight is 285 g/mol. The zero-order valence-corrected chi connectivity index (χ0v) is 11.1. The van der Waals surface area contributed by atoms with Crippen LogP contribution in [0.15, 0.2) is 40.0 Å². The molecule has 1 aromatic heterocycles. The molecule has 0 saturated heterocycles. The lowest BCUT2D eigenvalue weighted by molar-refractivity contribution is 1.03. The van der Waals surface area contributed by atoms with Gasteiger partial charge in [-0.2, -0.15) is 0 Å². The molecule has 0 aliphatic rings. The van der Waals surface area contributed by atoms with Crippen molar-refractivity contribution in [2.24, 2.45) is 0 Å². The highest BCUT2D eigenvalue weighted by molar-refractivity contribution is 7.98. The molecule has 1 aromatic carbocycles. The maximum atomic E-state index is 11.2. The van der Waals surface area contributed by atoms with Gasteiger partial charge in [-0.3, -0.25) is 9.78 Å². The van der Waals surface area contributed by atoms with Gasteiger partial charge in [-0.25, -0.2) is 0 Å². The van der Waals surface area contributed by atoms with Gasteiger partial charge in [0.15, 0.2) is 4.77 Å². The fourth-order valence-electron chi connectivity index (χ4n) is 1.29. The van der Waals surface area contributed by atoms with E-state index in [1.165, 1.54) is 6.07 Å². The zero-order chi connectivity index (χ0) is 12.3. The second kappa shape index (κ2) is 5.53. The summed E-state index contributed by atoms with van der Waals surface area (Å²) >= 11 is 12.3. The molecule has 1 heterocycles. The summed E-state index contributed by atoms with van der Waals surface area (Å²) in [4.78, 5) is 17.7. The molecule has 88 valence electrons. The summed E-state index contributed by atoms with van der Waals surface area (Å²) < 4.78 is 0.351. The van der Waals surface area contributed by atoms with Gasteiger partial charge >= 0.3 is 0 Å². The van der Waals surface area contributed by atoms with Crippen molar-refractivity contribution in [3.05, 3.63) is 56.2 Å². The number of hydrogen-bond acceptors (Lipinski definition) is 3. The van der Waals surface area contributed by atoms with Crippen LogP contribution in [0.4, 0.5) is 0 Å². The monoisotopic (exact) mass is 284 g/mol. The molecule has 6 heteroatoms. The summed E-state index contributed by atoms with van der Waals surface area (Å²) in [6, 6.07) is 9.07. The Hall–Kier alpha value is -1.04. The van der Waals surface area contributed by atoms with Gasteiger partial charge < -0.3 is 4.98 Å². The molecule has 0 atom stereocenters. The Kier molecular flexibility index (Phi) is 4.04. The van der Waals surface area contributed by atoms with Gasteiger partial charge in [0.05, 0.1) is 0 Å². The minimum absolute atomic E-state index is 0.180. The molecule has 0 fully saturated rings. The van der Waals surface area contributed by atoms with Gasteiger partial charge in [0.25, 0.3) is 5.56 Å². The summed E-state index contributed by atoms with van der Waals surface area (Å²) in [6.45, 7) is 0. The number of aromatic nitrogens is 2. The predicted molar refractivity (Wildman–Crippen MR) is 73.3 cm³/mol. The van der Waals surface area contributed by atoms with Crippen molar-refractivity contribution < 1.29 is 0 Å². The molecular weight excluding hydrogens is 276 g/mol. The second-order valence-corrected chi connectivity index (χ2v) is 5.25. The molecule has 2 rings (SSSR count). The van der Waals surface area contributed by atoms with E-state index in [-0.39, 0.29) is 5.56 Å². The highest BCUT2D eigenvalue weighted by atomic mass is 35.5. The normalized spacial score (nSPS) is 10.4. The van der Waals surface area contributed by atoms with Crippen LogP contribution >= 0.6 is 35.6 Å². The van der Waals surface area contributed by atoms with Crippen molar-refractivity contribution in [1.29, 1.82) is 0 Å². The maximum absolute atomic E-state index is 11.2. The van der Waals surface area contributed by atoms with Crippen molar-refractivity contribution in [2.75, 3.05) is 0 Å². The minimum atomic E-state index is -0.180. The van der Waals surface area contributed by atoms with Crippen LogP contribution in [0.5, 0.6) is 0 Å². The summed E-state index contributed by atoms with van der Waals surface area (Å²) in [6.07, 6.45) is 0. The highest BCUT2D eigenvalue weighted by Crippen LogP contribution is 2.22. The molecule has 0 amide bonds. The van der Waals surface area contributed by atoms with E-state index in [2.05, 4.69) is 9.97 Å². The summed E-state index contributed by atoms with van der Waals surface area (Å²) in [5, 5.41) is 0.713.